The number of rotatable bonds is 6. The second-order valence-corrected chi connectivity index (χ2v) is 9.49. The average molecular weight is 445 g/mol. The zero-order valence-electron chi connectivity index (χ0n) is 17.0. The predicted octanol–water partition coefficient (Wildman–Crippen LogP) is 3.14. The number of ether oxygens (including phenoxy) is 1. The molecule has 2 saturated heterocycles. The van der Waals surface area contributed by atoms with E-state index in [0.717, 1.165) is 19.4 Å². The third-order valence-corrected chi connectivity index (χ3v) is 6.38. The van der Waals surface area contributed by atoms with Gasteiger partial charge in [-0.15, -0.1) is 0 Å². The van der Waals surface area contributed by atoms with Crippen molar-refractivity contribution in [1.82, 2.24) is 14.3 Å². The number of nitrogens with zero attached hydrogens (tertiary/aromatic N) is 3. The van der Waals surface area contributed by atoms with E-state index in [0.29, 0.717) is 45.3 Å². The van der Waals surface area contributed by atoms with Gasteiger partial charge in [0.25, 0.3) is 11.5 Å². The predicted molar refractivity (Wildman–Crippen MR) is 124 cm³/mol. The number of amides is 1. The van der Waals surface area contributed by atoms with E-state index in [1.54, 1.807) is 29.3 Å². The first kappa shape index (κ1) is 21.0. The van der Waals surface area contributed by atoms with Crippen LogP contribution in [0.2, 0.25) is 0 Å². The van der Waals surface area contributed by atoms with Crippen LogP contribution in [0.4, 0.5) is 5.82 Å². The summed E-state index contributed by atoms with van der Waals surface area (Å²) in [5.41, 5.74) is 0.685. The Morgan fingerprint density at radius 1 is 1.40 bits per heavy atom. The lowest BCUT2D eigenvalue weighted by Crippen LogP contribution is -2.35. The van der Waals surface area contributed by atoms with E-state index in [1.165, 1.54) is 16.2 Å². The maximum absolute atomic E-state index is 13.2. The van der Waals surface area contributed by atoms with E-state index >= 15 is 0 Å². The van der Waals surface area contributed by atoms with Crippen LogP contribution in [0.15, 0.2) is 34.1 Å². The van der Waals surface area contributed by atoms with E-state index in [4.69, 9.17) is 17.0 Å². The summed E-state index contributed by atoms with van der Waals surface area (Å²) in [5, 5.41) is 3.26. The molecule has 4 rings (SSSR count). The largest absolute Gasteiger partial charge is 0.376 e. The molecule has 30 heavy (non-hydrogen) atoms. The molecule has 0 spiro atoms. The number of anilines is 1. The van der Waals surface area contributed by atoms with Crippen LogP contribution in [0.5, 0.6) is 0 Å². The fourth-order valence-electron chi connectivity index (χ4n) is 3.45. The highest BCUT2D eigenvalue weighted by Crippen LogP contribution is 2.34. The van der Waals surface area contributed by atoms with Gasteiger partial charge in [0.1, 0.15) is 15.8 Å². The first-order valence-corrected chi connectivity index (χ1v) is 11.3. The molecule has 1 amide bonds. The summed E-state index contributed by atoms with van der Waals surface area (Å²) in [6, 6.07) is 5.40. The van der Waals surface area contributed by atoms with Crippen molar-refractivity contribution >= 4 is 51.7 Å². The molecule has 0 aliphatic carbocycles. The number of hydrogen-bond donors (Lipinski definition) is 1. The normalized spacial score (nSPS) is 20.8. The van der Waals surface area contributed by atoms with E-state index in [2.05, 4.69) is 24.1 Å². The first-order valence-electron chi connectivity index (χ1n) is 10.1. The molecular weight excluding hydrogens is 420 g/mol. The van der Waals surface area contributed by atoms with Crippen molar-refractivity contribution in [2.75, 3.05) is 25.0 Å². The Bertz CT molecular complexity index is 1070. The molecule has 0 saturated carbocycles. The van der Waals surface area contributed by atoms with Crippen LogP contribution in [0.25, 0.3) is 11.7 Å². The number of nitrogens with one attached hydrogen (secondary N) is 1. The minimum absolute atomic E-state index is 0.0167. The molecule has 0 radical (unpaired) electrons. The van der Waals surface area contributed by atoms with Gasteiger partial charge in [0.05, 0.1) is 23.1 Å². The summed E-state index contributed by atoms with van der Waals surface area (Å²) in [6.45, 7) is 6.00. The van der Waals surface area contributed by atoms with Gasteiger partial charge in [-0.05, 0) is 37.0 Å². The van der Waals surface area contributed by atoms with Crippen molar-refractivity contribution in [3.8, 4) is 0 Å². The number of carbonyl (C=O) groups excluding carboxylic acids is 1. The van der Waals surface area contributed by atoms with Crippen LogP contribution in [0.1, 0.15) is 32.3 Å². The summed E-state index contributed by atoms with van der Waals surface area (Å²) < 4.78 is 7.63. The molecule has 7 nitrogen and oxygen atoms in total. The standard InChI is InChI=1S/C21H24N4O3S2/c1-13(2)11-22-18-15(19(26)24-8-4-3-7-17(24)23-18)10-16-20(27)25(21(29)30-16)12-14-6-5-9-28-14/h3-4,7-8,10,13-14,22H,5-6,9,11-12H2,1-2H3. The number of thioether (sulfide) groups is 1. The quantitative estimate of drug-likeness (QED) is 0.542. The summed E-state index contributed by atoms with van der Waals surface area (Å²) >= 11 is 6.65. The Morgan fingerprint density at radius 2 is 2.23 bits per heavy atom. The lowest BCUT2D eigenvalue weighted by Gasteiger charge is -2.18. The third kappa shape index (κ3) is 4.28. The van der Waals surface area contributed by atoms with Gasteiger partial charge in [-0.25, -0.2) is 4.98 Å². The fraction of sp³-hybridized carbons (Fsp3) is 0.429. The highest BCUT2D eigenvalue weighted by atomic mass is 32.2. The molecular formula is C21H24N4O3S2. The molecule has 1 atom stereocenters. The van der Waals surface area contributed by atoms with Gasteiger partial charge in [-0.3, -0.25) is 18.9 Å². The number of thiocarbonyl (C=S) groups is 1. The number of pyridine rings is 1. The van der Waals surface area contributed by atoms with Gasteiger partial charge < -0.3 is 10.1 Å². The Morgan fingerprint density at radius 3 is 2.97 bits per heavy atom. The molecule has 2 fully saturated rings. The maximum Gasteiger partial charge on any atom is 0.267 e. The van der Waals surface area contributed by atoms with Crippen molar-refractivity contribution in [2.24, 2.45) is 5.92 Å². The lowest BCUT2D eigenvalue weighted by atomic mass is 10.2. The molecule has 1 unspecified atom stereocenters. The van der Waals surface area contributed by atoms with E-state index < -0.39 is 0 Å². The minimum atomic E-state index is -0.226. The van der Waals surface area contributed by atoms with Gasteiger partial charge in [-0.2, -0.15) is 0 Å². The molecule has 9 heteroatoms. The average Bonchev–Trinajstić information content (AvgIpc) is 3.33. The van der Waals surface area contributed by atoms with Crippen molar-refractivity contribution < 1.29 is 9.53 Å². The Labute approximate surface area is 184 Å². The van der Waals surface area contributed by atoms with Crippen LogP contribution < -0.4 is 10.9 Å². The Hall–Kier alpha value is -2.23. The monoisotopic (exact) mass is 444 g/mol. The number of hydrogen-bond acceptors (Lipinski definition) is 7. The second kappa shape index (κ2) is 8.87. The fourth-order valence-corrected chi connectivity index (χ4v) is 4.71. The molecule has 0 aromatic carbocycles. The van der Waals surface area contributed by atoms with Gasteiger partial charge in [0.15, 0.2) is 0 Å². The van der Waals surface area contributed by atoms with Crippen LogP contribution >= 0.6 is 24.0 Å². The minimum Gasteiger partial charge on any atom is -0.376 e. The highest BCUT2D eigenvalue weighted by Gasteiger charge is 2.35. The van der Waals surface area contributed by atoms with Crippen LogP contribution in [-0.2, 0) is 9.53 Å². The zero-order chi connectivity index (χ0) is 21.3. The Balaban J connectivity index is 1.70. The molecule has 2 aromatic heterocycles. The smallest absolute Gasteiger partial charge is 0.267 e. The maximum atomic E-state index is 13.2. The van der Waals surface area contributed by atoms with Crippen molar-refractivity contribution in [2.45, 2.75) is 32.8 Å². The first-order chi connectivity index (χ1) is 14.4. The van der Waals surface area contributed by atoms with Crippen molar-refractivity contribution in [1.29, 1.82) is 0 Å². The molecule has 2 aliphatic rings. The number of carbonyl (C=O) groups is 1. The summed E-state index contributed by atoms with van der Waals surface area (Å²) in [6.07, 6.45) is 5.24. The zero-order valence-corrected chi connectivity index (χ0v) is 18.6. The Kier molecular flexibility index (Phi) is 6.21. The molecule has 4 heterocycles. The number of aromatic nitrogens is 2. The van der Waals surface area contributed by atoms with Crippen LogP contribution in [0.3, 0.4) is 0 Å². The van der Waals surface area contributed by atoms with Gasteiger partial charge in [-0.1, -0.05) is 43.9 Å². The van der Waals surface area contributed by atoms with Crippen molar-refractivity contribution in [3.05, 3.63) is 45.2 Å². The van der Waals surface area contributed by atoms with E-state index in [-0.39, 0.29) is 17.6 Å². The van der Waals surface area contributed by atoms with E-state index in [1.807, 2.05) is 6.07 Å². The van der Waals surface area contributed by atoms with Crippen LogP contribution in [-0.4, -0.2) is 50.3 Å². The molecule has 2 aliphatic heterocycles. The van der Waals surface area contributed by atoms with Crippen molar-refractivity contribution in [3.63, 3.8) is 0 Å². The van der Waals surface area contributed by atoms with Gasteiger partial charge in [0, 0.05) is 19.3 Å². The second-order valence-electron chi connectivity index (χ2n) is 7.81. The number of fused-ring (bicyclic) bond motifs is 1. The summed E-state index contributed by atoms with van der Waals surface area (Å²) in [5.74, 6) is 0.663. The SMILES string of the molecule is CC(C)CNc1nc2ccccn2c(=O)c1C=C1SC(=S)N(CC2CCCO2)C1=O. The molecule has 2 aromatic rings. The molecule has 158 valence electrons. The summed E-state index contributed by atoms with van der Waals surface area (Å²) in [7, 11) is 0. The van der Waals surface area contributed by atoms with Gasteiger partial charge >= 0.3 is 0 Å². The molecule has 0 bridgehead atoms. The van der Waals surface area contributed by atoms with Gasteiger partial charge in [0.2, 0.25) is 0 Å². The topological polar surface area (TPSA) is 75.9 Å². The highest BCUT2D eigenvalue weighted by molar-refractivity contribution is 8.26. The van der Waals surface area contributed by atoms with E-state index in [9.17, 15) is 9.59 Å². The van der Waals surface area contributed by atoms with Crippen LogP contribution in [0, 0.1) is 5.92 Å². The lowest BCUT2D eigenvalue weighted by molar-refractivity contribution is -0.123. The third-order valence-electron chi connectivity index (χ3n) is 5.01. The molecule has 1 N–H and O–H groups in total. The summed E-state index contributed by atoms with van der Waals surface area (Å²) in [4.78, 5) is 32.8.